The molecule has 2 fully saturated rings. The summed E-state index contributed by atoms with van der Waals surface area (Å²) in [4.78, 5) is 15.7. The molecule has 0 spiro atoms. The summed E-state index contributed by atoms with van der Waals surface area (Å²) in [6.45, 7) is 0. The first-order valence-corrected chi connectivity index (χ1v) is 9.61. The molecule has 0 bridgehead atoms. The number of carboxylic acid groups (broad SMARTS) is 1. The SMILES string of the molecule is O=C(O)CC1(Cc2nc(C3CSCCS3)no2)CCCC1. The summed E-state index contributed by atoms with van der Waals surface area (Å²) in [5, 5.41) is 13.6. The summed E-state index contributed by atoms with van der Waals surface area (Å²) in [5.74, 6) is 4.02. The lowest BCUT2D eigenvalue weighted by Crippen LogP contribution is -2.24. The molecule has 1 aromatic rings. The van der Waals surface area contributed by atoms with Crippen molar-refractivity contribution in [2.24, 2.45) is 5.41 Å². The summed E-state index contributed by atoms with van der Waals surface area (Å²) in [7, 11) is 0. The van der Waals surface area contributed by atoms with E-state index in [0.29, 0.717) is 17.6 Å². The van der Waals surface area contributed by atoms with Gasteiger partial charge < -0.3 is 9.63 Å². The summed E-state index contributed by atoms with van der Waals surface area (Å²) in [5.41, 5.74) is -0.176. The average molecular weight is 328 g/mol. The molecule has 7 heteroatoms. The molecule has 21 heavy (non-hydrogen) atoms. The highest BCUT2D eigenvalue weighted by Crippen LogP contribution is 2.44. The number of hydrogen-bond acceptors (Lipinski definition) is 6. The summed E-state index contributed by atoms with van der Waals surface area (Å²) < 4.78 is 5.41. The van der Waals surface area contributed by atoms with Crippen LogP contribution < -0.4 is 0 Å². The first kappa shape index (κ1) is 15.2. The van der Waals surface area contributed by atoms with Gasteiger partial charge in [-0.15, -0.1) is 11.8 Å². The quantitative estimate of drug-likeness (QED) is 0.889. The zero-order chi connectivity index (χ0) is 14.7. The largest absolute Gasteiger partial charge is 0.481 e. The number of hydrogen-bond donors (Lipinski definition) is 1. The molecule has 2 aliphatic rings. The van der Waals surface area contributed by atoms with Gasteiger partial charge in [-0.05, 0) is 18.3 Å². The van der Waals surface area contributed by atoms with Crippen molar-refractivity contribution in [3.05, 3.63) is 11.7 Å². The van der Waals surface area contributed by atoms with Crippen molar-refractivity contribution in [3.8, 4) is 0 Å². The van der Waals surface area contributed by atoms with Crippen LogP contribution in [0.1, 0.15) is 49.1 Å². The van der Waals surface area contributed by atoms with Crippen molar-refractivity contribution >= 4 is 29.5 Å². The first-order valence-electron chi connectivity index (χ1n) is 7.41. The Kier molecular flexibility index (Phi) is 4.78. The highest BCUT2D eigenvalue weighted by atomic mass is 32.2. The maximum atomic E-state index is 11.1. The van der Waals surface area contributed by atoms with Gasteiger partial charge in [-0.25, -0.2) is 0 Å². The highest BCUT2D eigenvalue weighted by molar-refractivity contribution is 8.06. The molecule has 0 radical (unpaired) electrons. The predicted molar refractivity (Wildman–Crippen MR) is 83.7 cm³/mol. The lowest BCUT2D eigenvalue weighted by molar-refractivity contribution is -0.139. The standard InChI is InChI=1S/C14H20N2O3S2/c17-12(18)8-14(3-1-2-4-14)7-11-15-13(16-19-11)10-9-20-5-6-21-10/h10H,1-9H2,(H,17,18). The predicted octanol–water partition coefficient (Wildman–Crippen LogP) is 3.17. The third-order valence-electron chi connectivity index (χ3n) is 4.30. The summed E-state index contributed by atoms with van der Waals surface area (Å²) >= 11 is 3.81. The third-order valence-corrected chi connectivity index (χ3v) is 7.06. The van der Waals surface area contributed by atoms with E-state index in [9.17, 15) is 4.79 Å². The monoisotopic (exact) mass is 328 g/mol. The molecule has 1 aromatic heterocycles. The van der Waals surface area contributed by atoms with Crippen molar-refractivity contribution < 1.29 is 14.4 Å². The minimum absolute atomic E-state index is 0.176. The minimum atomic E-state index is -0.726. The zero-order valence-corrected chi connectivity index (χ0v) is 13.5. The second kappa shape index (κ2) is 6.60. The van der Waals surface area contributed by atoms with E-state index in [1.165, 1.54) is 5.75 Å². The molecule has 0 aromatic carbocycles. The zero-order valence-electron chi connectivity index (χ0n) is 11.9. The number of aromatic nitrogens is 2. The van der Waals surface area contributed by atoms with Crippen LogP contribution in [0, 0.1) is 5.41 Å². The van der Waals surface area contributed by atoms with Gasteiger partial charge >= 0.3 is 5.97 Å². The Bertz CT molecular complexity index is 494. The summed E-state index contributed by atoms with van der Waals surface area (Å²) in [6, 6.07) is 0. The van der Waals surface area contributed by atoms with E-state index in [0.717, 1.165) is 43.0 Å². The first-order chi connectivity index (χ1) is 10.2. The Morgan fingerprint density at radius 3 is 2.86 bits per heavy atom. The molecule has 1 N–H and O–H groups in total. The Morgan fingerprint density at radius 2 is 2.19 bits per heavy atom. The van der Waals surface area contributed by atoms with Gasteiger partial charge in [0, 0.05) is 23.7 Å². The van der Waals surface area contributed by atoms with E-state index in [1.54, 1.807) is 0 Å². The number of carbonyl (C=O) groups is 1. The Hall–Kier alpha value is -0.690. The van der Waals surface area contributed by atoms with Crippen molar-refractivity contribution in [2.75, 3.05) is 17.3 Å². The second-order valence-electron chi connectivity index (χ2n) is 5.94. The van der Waals surface area contributed by atoms with Crippen LogP contribution in [0.3, 0.4) is 0 Å². The van der Waals surface area contributed by atoms with Crippen molar-refractivity contribution in [2.45, 2.75) is 43.8 Å². The van der Waals surface area contributed by atoms with Gasteiger partial charge in [0.1, 0.15) is 0 Å². The molecule has 116 valence electrons. The lowest BCUT2D eigenvalue weighted by Gasteiger charge is -2.24. The van der Waals surface area contributed by atoms with E-state index in [4.69, 9.17) is 9.63 Å². The van der Waals surface area contributed by atoms with Crippen molar-refractivity contribution in [1.82, 2.24) is 10.1 Å². The van der Waals surface area contributed by atoms with Crippen LogP contribution in [0.5, 0.6) is 0 Å². The third kappa shape index (κ3) is 3.74. The number of carboxylic acids is 1. The molecule has 1 aliphatic heterocycles. The van der Waals surface area contributed by atoms with E-state index < -0.39 is 5.97 Å². The van der Waals surface area contributed by atoms with Gasteiger partial charge in [0.25, 0.3) is 0 Å². The normalized spacial score (nSPS) is 25.0. The van der Waals surface area contributed by atoms with Gasteiger partial charge in [-0.2, -0.15) is 16.7 Å². The lowest BCUT2D eigenvalue weighted by atomic mass is 9.79. The van der Waals surface area contributed by atoms with Crippen molar-refractivity contribution in [1.29, 1.82) is 0 Å². The molecule has 1 saturated carbocycles. The molecule has 1 atom stereocenters. The second-order valence-corrected chi connectivity index (χ2v) is 8.40. The van der Waals surface area contributed by atoms with Gasteiger partial charge in [0.2, 0.25) is 5.89 Å². The molecular weight excluding hydrogens is 308 g/mol. The van der Waals surface area contributed by atoms with E-state index in [2.05, 4.69) is 10.1 Å². The molecular formula is C14H20N2O3S2. The fraction of sp³-hybridized carbons (Fsp3) is 0.786. The van der Waals surface area contributed by atoms with E-state index in [1.807, 2.05) is 23.5 Å². The van der Waals surface area contributed by atoms with Gasteiger partial charge in [-0.3, -0.25) is 4.79 Å². The molecule has 1 aliphatic carbocycles. The minimum Gasteiger partial charge on any atom is -0.481 e. The van der Waals surface area contributed by atoms with Crippen LogP contribution in [0.4, 0.5) is 0 Å². The maximum Gasteiger partial charge on any atom is 0.303 e. The van der Waals surface area contributed by atoms with Crippen LogP contribution in [0.25, 0.3) is 0 Å². The number of nitrogens with zero attached hydrogens (tertiary/aromatic N) is 2. The number of aliphatic carboxylic acids is 1. The fourth-order valence-corrected chi connectivity index (χ4v) is 5.88. The maximum absolute atomic E-state index is 11.1. The summed E-state index contributed by atoms with van der Waals surface area (Å²) in [6.07, 6.45) is 4.92. The van der Waals surface area contributed by atoms with Crippen molar-refractivity contribution in [3.63, 3.8) is 0 Å². The van der Waals surface area contributed by atoms with Crippen LogP contribution in [0.2, 0.25) is 0 Å². The van der Waals surface area contributed by atoms with Crippen LogP contribution in [0.15, 0.2) is 4.52 Å². The molecule has 3 rings (SSSR count). The van der Waals surface area contributed by atoms with Gasteiger partial charge in [0.15, 0.2) is 5.82 Å². The molecule has 1 unspecified atom stereocenters. The van der Waals surface area contributed by atoms with E-state index in [-0.39, 0.29) is 11.8 Å². The number of thioether (sulfide) groups is 2. The molecule has 2 heterocycles. The molecule has 1 saturated heterocycles. The smallest absolute Gasteiger partial charge is 0.303 e. The Labute approximate surface area is 132 Å². The van der Waals surface area contributed by atoms with Crippen LogP contribution in [-0.4, -0.2) is 38.5 Å². The Morgan fingerprint density at radius 1 is 1.38 bits per heavy atom. The van der Waals surface area contributed by atoms with Crippen LogP contribution in [-0.2, 0) is 11.2 Å². The fourth-order valence-electron chi connectivity index (χ4n) is 3.29. The molecule has 0 amide bonds. The van der Waals surface area contributed by atoms with E-state index >= 15 is 0 Å². The van der Waals surface area contributed by atoms with Gasteiger partial charge in [-0.1, -0.05) is 18.0 Å². The topological polar surface area (TPSA) is 76.2 Å². The van der Waals surface area contributed by atoms with Crippen LogP contribution >= 0.6 is 23.5 Å². The van der Waals surface area contributed by atoms with Gasteiger partial charge in [0.05, 0.1) is 11.7 Å². The highest BCUT2D eigenvalue weighted by Gasteiger charge is 2.38. The Balaban J connectivity index is 1.68. The number of rotatable bonds is 5. The average Bonchev–Trinajstić information content (AvgIpc) is 3.09. The molecule has 5 nitrogen and oxygen atoms in total.